The number of benzene rings is 1. The van der Waals surface area contributed by atoms with E-state index in [9.17, 15) is 4.79 Å². The first-order valence-corrected chi connectivity index (χ1v) is 8.40. The Morgan fingerprint density at radius 3 is 2.82 bits per heavy atom. The second-order valence-corrected chi connectivity index (χ2v) is 6.87. The molecular formula is C15H11ClN2O2S2. The highest BCUT2D eigenvalue weighted by atomic mass is 35.5. The highest BCUT2D eigenvalue weighted by Crippen LogP contribution is 2.33. The number of thiazole rings is 1. The van der Waals surface area contributed by atoms with Crippen molar-refractivity contribution in [1.82, 2.24) is 4.98 Å². The standard InChI is InChI=1S/C15H11ClN2O2S2/c1-20-11-5-3-2-4-9(11)14(19)18-15-17-10(8-21-15)12-6-7-13(16)22-12/h2-8H,1H3,(H,17,18,19). The minimum atomic E-state index is -0.248. The average molecular weight is 351 g/mol. The summed E-state index contributed by atoms with van der Waals surface area (Å²) in [6.45, 7) is 0. The van der Waals surface area contributed by atoms with Gasteiger partial charge in [-0.1, -0.05) is 23.7 Å². The molecule has 4 nitrogen and oxygen atoms in total. The summed E-state index contributed by atoms with van der Waals surface area (Å²) in [6, 6.07) is 10.8. The number of nitrogens with one attached hydrogen (secondary N) is 1. The van der Waals surface area contributed by atoms with Gasteiger partial charge in [0.2, 0.25) is 0 Å². The Kier molecular flexibility index (Phi) is 4.42. The number of amides is 1. The summed E-state index contributed by atoms with van der Waals surface area (Å²) < 4.78 is 5.90. The second kappa shape index (κ2) is 6.48. The van der Waals surface area contributed by atoms with Crippen molar-refractivity contribution in [2.75, 3.05) is 12.4 Å². The first kappa shape index (κ1) is 15.0. The molecule has 22 heavy (non-hydrogen) atoms. The van der Waals surface area contributed by atoms with Gasteiger partial charge in [0, 0.05) is 5.38 Å². The number of anilines is 1. The Balaban J connectivity index is 1.79. The third-order valence-electron chi connectivity index (χ3n) is 2.90. The van der Waals surface area contributed by atoms with Crippen LogP contribution in [0.1, 0.15) is 10.4 Å². The number of thiophene rings is 1. The maximum Gasteiger partial charge on any atom is 0.261 e. The smallest absolute Gasteiger partial charge is 0.261 e. The Hall–Kier alpha value is -1.89. The number of hydrogen-bond acceptors (Lipinski definition) is 5. The van der Waals surface area contributed by atoms with E-state index in [0.717, 1.165) is 10.6 Å². The fourth-order valence-corrected chi connectivity index (χ4v) is 3.68. The third kappa shape index (κ3) is 3.14. The van der Waals surface area contributed by atoms with Gasteiger partial charge in [-0.05, 0) is 24.3 Å². The lowest BCUT2D eigenvalue weighted by molar-refractivity contribution is 0.102. The molecule has 112 valence electrons. The molecule has 1 aromatic carbocycles. The van der Waals surface area contributed by atoms with Crippen LogP contribution in [0.4, 0.5) is 5.13 Å². The van der Waals surface area contributed by atoms with Gasteiger partial charge in [0.15, 0.2) is 5.13 Å². The molecule has 7 heteroatoms. The fourth-order valence-electron chi connectivity index (χ4n) is 1.89. The highest BCUT2D eigenvalue weighted by molar-refractivity contribution is 7.20. The fraction of sp³-hybridized carbons (Fsp3) is 0.0667. The van der Waals surface area contributed by atoms with Crippen LogP contribution in [0.2, 0.25) is 4.34 Å². The number of carbonyl (C=O) groups excluding carboxylic acids is 1. The Morgan fingerprint density at radius 1 is 1.27 bits per heavy atom. The van der Waals surface area contributed by atoms with Crippen molar-refractivity contribution in [3.05, 3.63) is 51.7 Å². The summed E-state index contributed by atoms with van der Waals surface area (Å²) in [6.07, 6.45) is 0. The van der Waals surface area contributed by atoms with Crippen molar-refractivity contribution in [2.24, 2.45) is 0 Å². The molecule has 0 saturated heterocycles. The number of aromatic nitrogens is 1. The van der Waals surface area contributed by atoms with Gasteiger partial charge in [0.05, 0.1) is 27.6 Å². The summed E-state index contributed by atoms with van der Waals surface area (Å²) in [7, 11) is 1.54. The van der Waals surface area contributed by atoms with Crippen LogP contribution in [0.3, 0.4) is 0 Å². The van der Waals surface area contributed by atoms with E-state index in [4.69, 9.17) is 16.3 Å². The Bertz CT molecular complexity index is 813. The van der Waals surface area contributed by atoms with Crippen LogP contribution in [0.25, 0.3) is 10.6 Å². The van der Waals surface area contributed by atoms with E-state index >= 15 is 0 Å². The van der Waals surface area contributed by atoms with Crippen LogP contribution in [0.15, 0.2) is 41.8 Å². The summed E-state index contributed by atoms with van der Waals surface area (Å²) >= 11 is 8.75. The zero-order chi connectivity index (χ0) is 15.5. The van der Waals surface area contributed by atoms with Gasteiger partial charge in [-0.25, -0.2) is 4.98 Å². The maximum atomic E-state index is 12.3. The topological polar surface area (TPSA) is 51.2 Å². The maximum absolute atomic E-state index is 12.3. The minimum absolute atomic E-state index is 0.248. The molecule has 0 spiro atoms. The summed E-state index contributed by atoms with van der Waals surface area (Å²) in [4.78, 5) is 17.7. The predicted molar refractivity (Wildman–Crippen MR) is 91.4 cm³/mol. The third-order valence-corrected chi connectivity index (χ3v) is 4.91. The molecule has 1 N–H and O–H groups in total. The molecule has 0 aliphatic heterocycles. The molecule has 3 rings (SSSR count). The van der Waals surface area contributed by atoms with Crippen LogP contribution in [0.5, 0.6) is 5.75 Å². The summed E-state index contributed by atoms with van der Waals surface area (Å²) in [5.74, 6) is 0.282. The van der Waals surface area contributed by atoms with E-state index in [1.54, 1.807) is 18.2 Å². The molecule has 0 aliphatic carbocycles. The van der Waals surface area contributed by atoms with Gasteiger partial charge in [0.1, 0.15) is 5.75 Å². The number of ether oxygens (including phenoxy) is 1. The van der Waals surface area contributed by atoms with Crippen molar-refractivity contribution in [3.8, 4) is 16.3 Å². The summed E-state index contributed by atoms with van der Waals surface area (Å²) in [5.41, 5.74) is 1.28. The van der Waals surface area contributed by atoms with Crippen molar-refractivity contribution >= 4 is 45.3 Å². The zero-order valence-corrected chi connectivity index (χ0v) is 13.9. The molecule has 1 amide bonds. The van der Waals surface area contributed by atoms with Crippen LogP contribution in [0, 0.1) is 0 Å². The first-order chi connectivity index (χ1) is 10.7. The lowest BCUT2D eigenvalue weighted by Gasteiger charge is -2.06. The Labute approximate surface area is 140 Å². The SMILES string of the molecule is COc1ccccc1C(=O)Nc1nc(-c2ccc(Cl)s2)cs1. The lowest BCUT2D eigenvalue weighted by atomic mass is 10.2. The lowest BCUT2D eigenvalue weighted by Crippen LogP contribution is -2.12. The van der Waals surface area contributed by atoms with Gasteiger partial charge in [-0.3, -0.25) is 10.1 Å². The van der Waals surface area contributed by atoms with Gasteiger partial charge >= 0.3 is 0 Å². The van der Waals surface area contributed by atoms with E-state index in [2.05, 4.69) is 10.3 Å². The number of methoxy groups -OCH3 is 1. The normalized spacial score (nSPS) is 10.5. The van der Waals surface area contributed by atoms with Crippen molar-refractivity contribution in [3.63, 3.8) is 0 Å². The molecule has 0 radical (unpaired) electrons. The van der Waals surface area contributed by atoms with E-state index < -0.39 is 0 Å². The quantitative estimate of drug-likeness (QED) is 0.736. The number of para-hydroxylation sites is 1. The molecule has 0 bridgehead atoms. The van der Waals surface area contributed by atoms with Crippen molar-refractivity contribution < 1.29 is 9.53 Å². The predicted octanol–water partition coefficient (Wildman–Crippen LogP) is 4.79. The van der Waals surface area contributed by atoms with E-state index in [1.807, 2.05) is 23.6 Å². The molecule has 3 aromatic rings. The van der Waals surface area contributed by atoms with E-state index in [1.165, 1.54) is 29.8 Å². The van der Waals surface area contributed by atoms with Gasteiger partial charge < -0.3 is 4.74 Å². The molecule has 0 atom stereocenters. The molecule has 2 heterocycles. The van der Waals surface area contributed by atoms with Crippen LogP contribution in [-0.4, -0.2) is 18.0 Å². The Morgan fingerprint density at radius 2 is 2.09 bits per heavy atom. The van der Waals surface area contributed by atoms with Crippen LogP contribution < -0.4 is 10.1 Å². The molecule has 0 unspecified atom stereocenters. The number of nitrogens with zero attached hydrogens (tertiary/aromatic N) is 1. The van der Waals surface area contributed by atoms with Gasteiger partial charge in [-0.15, -0.1) is 22.7 Å². The van der Waals surface area contributed by atoms with Crippen molar-refractivity contribution in [2.45, 2.75) is 0 Å². The number of carbonyl (C=O) groups is 1. The van der Waals surface area contributed by atoms with E-state index in [-0.39, 0.29) is 5.91 Å². The zero-order valence-electron chi connectivity index (χ0n) is 11.5. The molecule has 0 aliphatic rings. The first-order valence-electron chi connectivity index (χ1n) is 6.33. The second-order valence-electron chi connectivity index (χ2n) is 4.30. The number of halogens is 1. The minimum Gasteiger partial charge on any atom is -0.496 e. The van der Waals surface area contributed by atoms with Crippen LogP contribution in [-0.2, 0) is 0 Å². The largest absolute Gasteiger partial charge is 0.496 e. The van der Waals surface area contributed by atoms with E-state index in [0.29, 0.717) is 20.8 Å². The summed E-state index contributed by atoms with van der Waals surface area (Å²) in [5, 5.41) is 5.22. The van der Waals surface area contributed by atoms with Gasteiger partial charge in [0.25, 0.3) is 5.91 Å². The molecule has 0 saturated carbocycles. The number of rotatable bonds is 4. The molecule has 0 fully saturated rings. The molecular weight excluding hydrogens is 340 g/mol. The highest BCUT2D eigenvalue weighted by Gasteiger charge is 2.14. The molecule has 2 aromatic heterocycles. The number of hydrogen-bond donors (Lipinski definition) is 1. The average Bonchev–Trinajstić information content (AvgIpc) is 3.16. The van der Waals surface area contributed by atoms with Crippen molar-refractivity contribution in [1.29, 1.82) is 0 Å². The van der Waals surface area contributed by atoms with Gasteiger partial charge in [-0.2, -0.15) is 0 Å². The monoisotopic (exact) mass is 350 g/mol. The van der Waals surface area contributed by atoms with Crippen LogP contribution >= 0.6 is 34.3 Å².